The minimum atomic E-state index is 0.178. The highest BCUT2D eigenvalue weighted by molar-refractivity contribution is 7.22. The summed E-state index contributed by atoms with van der Waals surface area (Å²) in [6.07, 6.45) is 2.00. The van der Waals surface area contributed by atoms with Crippen LogP contribution < -0.4 is 4.90 Å². The van der Waals surface area contributed by atoms with Crippen LogP contribution in [-0.4, -0.2) is 27.2 Å². The second kappa shape index (κ2) is 6.02. The topological polar surface area (TPSA) is 51.0 Å². The molecule has 6 heteroatoms. The molecular formula is C18H20N4OS. The molecule has 0 saturated heterocycles. The Morgan fingerprint density at radius 1 is 1.33 bits per heavy atom. The number of rotatable bonds is 5. The van der Waals surface area contributed by atoms with Gasteiger partial charge in [-0.1, -0.05) is 23.5 Å². The molecule has 0 bridgehead atoms. The number of hydrogen-bond acceptors (Lipinski definition) is 4. The second-order valence-electron chi connectivity index (χ2n) is 6.38. The molecule has 24 heavy (non-hydrogen) atoms. The zero-order chi connectivity index (χ0) is 16.7. The van der Waals surface area contributed by atoms with E-state index in [1.165, 1.54) is 0 Å². The van der Waals surface area contributed by atoms with Gasteiger partial charge >= 0.3 is 0 Å². The minimum absolute atomic E-state index is 0.178. The number of fused-ring (bicyclic) bond motifs is 1. The number of amides is 1. The molecule has 0 N–H and O–H groups in total. The lowest BCUT2D eigenvalue weighted by molar-refractivity contribution is -0.119. The van der Waals surface area contributed by atoms with Gasteiger partial charge in [0, 0.05) is 18.2 Å². The van der Waals surface area contributed by atoms with Crippen LogP contribution >= 0.6 is 11.3 Å². The van der Waals surface area contributed by atoms with Gasteiger partial charge in [-0.25, -0.2) is 4.98 Å². The highest BCUT2D eigenvalue weighted by Crippen LogP contribution is 2.35. The lowest BCUT2D eigenvalue weighted by Crippen LogP contribution is -2.35. The quantitative estimate of drug-likeness (QED) is 0.714. The Morgan fingerprint density at radius 2 is 2.12 bits per heavy atom. The number of para-hydroxylation sites is 1. The average molecular weight is 340 g/mol. The number of benzene rings is 1. The number of anilines is 1. The molecule has 1 aromatic carbocycles. The largest absolute Gasteiger partial charge is 0.286 e. The van der Waals surface area contributed by atoms with Crippen molar-refractivity contribution in [2.24, 2.45) is 5.92 Å². The molecule has 1 aliphatic carbocycles. The third kappa shape index (κ3) is 2.94. The molecule has 2 aromatic heterocycles. The first-order valence-electron chi connectivity index (χ1n) is 8.30. The second-order valence-corrected chi connectivity index (χ2v) is 7.39. The van der Waals surface area contributed by atoms with Crippen molar-refractivity contribution in [1.29, 1.82) is 0 Å². The van der Waals surface area contributed by atoms with Crippen LogP contribution in [0.4, 0.5) is 5.13 Å². The van der Waals surface area contributed by atoms with Crippen LogP contribution in [0.25, 0.3) is 10.2 Å². The van der Waals surface area contributed by atoms with Gasteiger partial charge in [-0.3, -0.25) is 14.4 Å². The van der Waals surface area contributed by atoms with Gasteiger partial charge in [0.05, 0.1) is 22.5 Å². The first kappa shape index (κ1) is 15.3. The van der Waals surface area contributed by atoms with E-state index in [0.29, 0.717) is 13.1 Å². The van der Waals surface area contributed by atoms with Crippen molar-refractivity contribution in [1.82, 2.24) is 14.8 Å². The molecule has 2 heterocycles. The van der Waals surface area contributed by atoms with Gasteiger partial charge in [-0.05, 0) is 44.9 Å². The highest BCUT2D eigenvalue weighted by Gasteiger charge is 2.35. The zero-order valence-electron chi connectivity index (χ0n) is 13.9. The van der Waals surface area contributed by atoms with Gasteiger partial charge < -0.3 is 0 Å². The minimum Gasteiger partial charge on any atom is -0.286 e. The number of aryl methyl sites for hydroxylation is 2. The SMILES string of the molecule is Cc1cc(C)n(CCN(C(=O)C2CC2)c2nc3ccccc3s2)n1. The van der Waals surface area contributed by atoms with Crippen LogP contribution in [0.3, 0.4) is 0 Å². The molecule has 1 saturated carbocycles. The standard InChI is InChI=1S/C18H20N4OS/c1-12-11-13(2)22(20-12)10-9-21(17(23)14-7-8-14)18-19-15-5-3-4-6-16(15)24-18/h3-6,11,14H,7-10H2,1-2H3. The molecule has 0 radical (unpaired) electrons. The Hall–Kier alpha value is -2.21. The smallest absolute Gasteiger partial charge is 0.231 e. The number of carbonyl (C=O) groups excluding carboxylic acids is 1. The summed E-state index contributed by atoms with van der Waals surface area (Å²) in [5, 5.41) is 5.30. The molecule has 5 nitrogen and oxygen atoms in total. The van der Waals surface area contributed by atoms with Crippen LogP contribution in [-0.2, 0) is 11.3 Å². The van der Waals surface area contributed by atoms with E-state index in [1.807, 2.05) is 41.6 Å². The maximum absolute atomic E-state index is 12.8. The van der Waals surface area contributed by atoms with Crippen molar-refractivity contribution in [3.05, 3.63) is 41.7 Å². The Balaban J connectivity index is 1.61. The Bertz CT molecular complexity index is 860. The van der Waals surface area contributed by atoms with E-state index in [-0.39, 0.29) is 11.8 Å². The third-order valence-corrected chi connectivity index (χ3v) is 5.40. The number of thiazole rings is 1. The average Bonchev–Trinajstić information content (AvgIpc) is 3.24. The summed E-state index contributed by atoms with van der Waals surface area (Å²) >= 11 is 1.59. The van der Waals surface area contributed by atoms with Gasteiger partial charge in [-0.15, -0.1) is 0 Å². The van der Waals surface area contributed by atoms with Crippen LogP contribution in [0.5, 0.6) is 0 Å². The molecule has 4 rings (SSSR count). The molecular weight excluding hydrogens is 320 g/mol. The summed E-state index contributed by atoms with van der Waals surface area (Å²) in [5.74, 6) is 0.382. The Labute approximate surface area is 144 Å². The predicted octanol–water partition coefficient (Wildman–Crippen LogP) is 3.55. The van der Waals surface area contributed by atoms with E-state index in [2.05, 4.69) is 22.2 Å². The van der Waals surface area contributed by atoms with Crippen molar-refractivity contribution in [3.8, 4) is 0 Å². The van der Waals surface area contributed by atoms with E-state index in [1.54, 1.807) is 11.3 Å². The fourth-order valence-corrected chi connectivity index (χ4v) is 3.92. The summed E-state index contributed by atoms with van der Waals surface area (Å²) in [6.45, 7) is 5.33. The van der Waals surface area contributed by atoms with Crippen LogP contribution in [0.1, 0.15) is 24.2 Å². The number of aromatic nitrogens is 3. The van der Waals surface area contributed by atoms with E-state index >= 15 is 0 Å². The maximum atomic E-state index is 12.8. The van der Waals surface area contributed by atoms with Crippen molar-refractivity contribution in [3.63, 3.8) is 0 Å². The highest BCUT2D eigenvalue weighted by atomic mass is 32.1. The monoisotopic (exact) mass is 340 g/mol. The number of nitrogens with zero attached hydrogens (tertiary/aromatic N) is 4. The molecule has 1 aliphatic rings. The van der Waals surface area contributed by atoms with Gasteiger partial charge in [-0.2, -0.15) is 5.10 Å². The van der Waals surface area contributed by atoms with Crippen LogP contribution in [0.15, 0.2) is 30.3 Å². The Kier molecular flexibility index (Phi) is 3.84. The molecule has 0 atom stereocenters. The lowest BCUT2D eigenvalue weighted by atomic mass is 10.3. The summed E-state index contributed by atoms with van der Waals surface area (Å²) in [5.41, 5.74) is 3.08. The lowest BCUT2D eigenvalue weighted by Gasteiger charge is -2.20. The first-order valence-corrected chi connectivity index (χ1v) is 9.11. The summed E-state index contributed by atoms with van der Waals surface area (Å²) in [7, 11) is 0. The molecule has 0 aliphatic heterocycles. The molecule has 0 unspecified atom stereocenters. The van der Waals surface area contributed by atoms with Crippen molar-refractivity contribution >= 4 is 32.6 Å². The number of hydrogen-bond donors (Lipinski definition) is 0. The van der Waals surface area contributed by atoms with Gasteiger partial charge in [0.1, 0.15) is 0 Å². The number of carbonyl (C=O) groups is 1. The van der Waals surface area contributed by atoms with Crippen LogP contribution in [0.2, 0.25) is 0 Å². The van der Waals surface area contributed by atoms with Crippen molar-refractivity contribution in [2.75, 3.05) is 11.4 Å². The van der Waals surface area contributed by atoms with Gasteiger partial charge in [0.2, 0.25) is 5.91 Å². The Morgan fingerprint density at radius 3 is 2.79 bits per heavy atom. The maximum Gasteiger partial charge on any atom is 0.231 e. The van der Waals surface area contributed by atoms with E-state index in [0.717, 1.165) is 39.6 Å². The molecule has 3 aromatic rings. The summed E-state index contributed by atoms with van der Waals surface area (Å²) < 4.78 is 3.09. The molecule has 0 spiro atoms. The van der Waals surface area contributed by atoms with E-state index in [4.69, 9.17) is 0 Å². The predicted molar refractivity (Wildman–Crippen MR) is 96.4 cm³/mol. The fourth-order valence-electron chi connectivity index (χ4n) is 2.92. The zero-order valence-corrected chi connectivity index (χ0v) is 14.7. The first-order chi connectivity index (χ1) is 11.6. The van der Waals surface area contributed by atoms with E-state index < -0.39 is 0 Å². The van der Waals surface area contributed by atoms with Crippen molar-refractivity contribution in [2.45, 2.75) is 33.2 Å². The normalized spacial score (nSPS) is 14.2. The molecule has 124 valence electrons. The summed E-state index contributed by atoms with van der Waals surface area (Å²) in [4.78, 5) is 19.3. The van der Waals surface area contributed by atoms with Gasteiger partial charge in [0.15, 0.2) is 5.13 Å². The summed E-state index contributed by atoms with van der Waals surface area (Å²) in [6, 6.07) is 10.1. The van der Waals surface area contributed by atoms with E-state index in [9.17, 15) is 4.79 Å². The molecule has 1 amide bonds. The molecule has 1 fully saturated rings. The third-order valence-electron chi connectivity index (χ3n) is 4.34. The fraction of sp³-hybridized carbons (Fsp3) is 0.389. The van der Waals surface area contributed by atoms with Crippen molar-refractivity contribution < 1.29 is 4.79 Å². The van der Waals surface area contributed by atoms with Crippen LogP contribution in [0, 0.1) is 19.8 Å². The van der Waals surface area contributed by atoms with Gasteiger partial charge in [0.25, 0.3) is 0 Å².